The number of rotatable bonds is 8. The molecule has 1 unspecified atom stereocenters. The highest BCUT2D eigenvalue weighted by Crippen LogP contribution is 2.22. The van der Waals surface area contributed by atoms with E-state index in [1.165, 1.54) is 11.1 Å². The number of aliphatic imine (C=N–C) groups is 1. The number of morpholine rings is 1. The minimum atomic E-state index is 0. The first-order valence-corrected chi connectivity index (χ1v) is 11.8. The van der Waals surface area contributed by atoms with Crippen LogP contribution in [0, 0.1) is 6.92 Å². The van der Waals surface area contributed by atoms with Crippen LogP contribution < -0.4 is 10.6 Å². The van der Waals surface area contributed by atoms with E-state index in [1.807, 2.05) is 0 Å². The fourth-order valence-corrected chi connectivity index (χ4v) is 4.36. The molecule has 2 heterocycles. The number of guanidine groups is 1. The number of aromatic nitrogens is 1. The molecule has 172 valence electrons. The van der Waals surface area contributed by atoms with Crippen LogP contribution in [0.15, 0.2) is 34.6 Å². The molecule has 1 aromatic carbocycles. The lowest BCUT2D eigenvalue weighted by atomic mass is 10.0. The Kier molecular flexibility index (Phi) is 11.2. The molecule has 0 aliphatic carbocycles. The monoisotopic (exact) mass is 557 g/mol. The maximum atomic E-state index is 5.57. The summed E-state index contributed by atoms with van der Waals surface area (Å²) in [6.07, 6.45) is 0. The lowest BCUT2D eigenvalue weighted by molar-refractivity contribution is 0.0170. The predicted octanol–water partition coefficient (Wildman–Crippen LogP) is 4.32. The van der Waals surface area contributed by atoms with Crippen LogP contribution in [-0.4, -0.2) is 55.2 Å². The second-order valence-electron chi connectivity index (χ2n) is 7.97. The third-order valence-electron chi connectivity index (χ3n) is 5.29. The van der Waals surface area contributed by atoms with Crippen molar-refractivity contribution in [1.82, 2.24) is 20.5 Å². The fraction of sp³-hybridized carbons (Fsp3) is 0.565. The minimum absolute atomic E-state index is 0. The van der Waals surface area contributed by atoms with Gasteiger partial charge in [0.15, 0.2) is 5.96 Å². The van der Waals surface area contributed by atoms with Crippen molar-refractivity contribution >= 4 is 41.3 Å². The van der Waals surface area contributed by atoms with Crippen LogP contribution in [0.25, 0.3) is 0 Å². The Balaban J connectivity index is 0.00000341. The summed E-state index contributed by atoms with van der Waals surface area (Å²) in [6.45, 7) is 14.3. The van der Waals surface area contributed by atoms with Crippen LogP contribution in [0.4, 0.5) is 0 Å². The highest BCUT2D eigenvalue weighted by molar-refractivity contribution is 14.0. The smallest absolute Gasteiger partial charge is 0.191 e. The Labute approximate surface area is 207 Å². The van der Waals surface area contributed by atoms with E-state index in [4.69, 9.17) is 14.7 Å². The Morgan fingerprint density at radius 3 is 2.52 bits per heavy atom. The Hall–Kier alpha value is -1.23. The number of thiazole rings is 1. The predicted molar refractivity (Wildman–Crippen MR) is 141 cm³/mol. The van der Waals surface area contributed by atoms with Crippen LogP contribution in [-0.2, 0) is 11.3 Å². The highest BCUT2D eigenvalue weighted by Gasteiger charge is 2.23. The Morgan fingerprint density at radius 2 is 1.90 bits per heavy atom. The summed E-state index contributed by atoms with van der Waals surface area (Å²) >= 11 is 1.69. The molecule has 6 nitrogen and oxygen atoms in total. The van der Waals surface area contributed by atoms with Crippen molar-refractivity contribution in [2.24, 2.45) is 4.99 Å². The molecule has 1 atom stereocenters. The molecule has 1 saturated heterocycles. The molecule has 8 heteroatoms. The molecule has 1 aromatic heterocycles. The lowest BCUT2D eigenvalue weighted by Gasteiger charge is -2.35. The number of benzene rings is 1. The van der Waals surface area contributed by atoms with Gasteiger partial charge in [0.05, 0.1) is 31.5 Å². The van der Waals surface area contributed by atoms with Gasteiger partial charge in [0.1, 0.15) is 5.01 Å². The van der Waals surface area contributed by atoms with Crippen LogP contribution in [0.2, 0.25) is 0 Å². The van der Waals surface area contributed by atoms with Crippen molar-refractivity contribution in [3.8, 4) is 0 Å². The Bertz CT molecular complexity index is 803. The van der Waals surface area contributed by atoms with Crippen LogP contribution in [0.5, 0.6) is 0 Å². The lowest BCUT2D eigenvalue weighted by Crippen LogP contribution is -2.46. The number of aryl methyl sites for hydroxylation is 1. The summed E-state index contributed by atoms with van der Waals surface area (Å²) in [5.41, 5.74) is 3.76. The van der Waals surface area contributed by atoms with Gasteiger partial charge in [-0.25, -0.2) is 9.98 Å². The van der Waals surface area contributed by atoms with Crippen molar-refractivity contribution in [3.05, 3.63) is 51.5 Å². The van der Waals surface area contributed by atoms with Gasteiger partial charge in [-0.3, -0.25) is 4.90 Å². The van der Waals surface area contributed by atoms with Gasteiger partial charge in [-0.05, 0) is 25.3 Å². The molecule has 31 heavy (non-hydrogen) atoms. The average molecular weight is 558 g/mol. The summed E-state index contributed by atoms with van der Waals surface area (Å²) in [7, 11) is 0. The number of halogens is 1. The van der Waals surface area contributed by atoms with E-state index in [-0.39, 0.29) is 30.0 Å². The molecular formula is C23H36IN5OS. The first-order chi connectivity index (χ1) is 14.6. The number of ether oxygens (including phenoxy) is 1. The third kappa shape index (κ3) is 8.00. The maximum Gasteiger partial charge on any atom is 0.191 e. The molecular weight excluding hydrogens is 521 g/mol. The molecule has 2 aromatic rings. The van der Waals surface area contributed by atoms with E-state index in [1.54, 1.807) is 11.3 Å². The second kappa shape index (κ2) is 13.3. The number of hydrogen-bond donors (Lipinski definition) is 2. The molecule has 0 radical (unpaired) electrons. The molecule has 0 saturated carbocycles. The van der Waals surface area contributed by atoms with Crippen molar-refractivity contribution in [2.45, 2.75) is 46.2 Å². The minimum Gasteiger partial charge on any atom is -0.379 e. The zero-order chi connectivity index (χ0) is 21.3. The highest BCUT2D eigenvalue weighted by atomic mass is 127. The van der Waals surface area contributed by atoms with Crippen LogP contribution in [0.1, 0.15) is 54.6 Å². The Morgan fingerprint density at radius 1 is 1.19 bits per heavy atom. The number of hydrogen-bond acceptors (Lipinski definition) is 5. The van der Waals surface area contributed by atoms with Gasteiger partial charge < -0.3 is 15.4 Å². The second-order valence-corrected chi connectivity index (χ2v) is 8.91. The van der Waals surface area contributed by atoms with Crippen LogP contribution in [0.3, 0.4) is 0 Å². The fourth-order valence-electron chi connectivity index (χ4n) is 3.48. The topological polar surface area (TPSA) is 61.8 Å². The van der Waals surface area contributed by atoms with Crippen molar-refractivity contribution < 1.29 is 4.74 Å². The van der Waals surface area contributed by atoms with E-state index in [9.17, 15) is 0 Å². The number of nitrogens with zero attached hydrogens (tertiary/aromatic N) is 3. The summed E-state index contributed by atoms with van der Waals surface area (Å²) in [5, 5.41) is 10.1. The summed E-state index contributed by atoms with van der Waals surface area (Å²) < 4.78 is 5.57. The molecule has 1 aliphatic rings. The molecule has 2 N–H and O–H groups in total. The molecule has 0 spiro atoms. The normalized spacial score (nSPS) is 16.1. The van der Waals surface area contributed by atoms with Crippen LogP contribution >= 0.6 is 35.3 Å². The first kappa shape index (κ1) is 26.0. The standard InChI is InChI=1S/C23H35N5OS.HI/c1-5-24-23(26-15-22-27-20(16-30-22)17(2)3)25-14-21(28-10-12-29-13-11-28)19-8-6-18(4)7-9-19;/h6-9,16-17,21H,5,10-15H2,1-4H3,(H2,24,25,26);1H. The first-order valence-electron chi connectivity index (χ1n) is 10.9. The molecule has 0 amide bonds. The quantitative estimate of drug-likeness (QED) is 0.288. The third-order valence-corrected chi connectivity index (χ3v) is 6.14. The van der Waals surface area contributed by atoms with Gasteiger partial charge in [-0.2, -0.15) is 0 Å². The van der Waals surface area contributed by atoms with Gasteiger partial charge >= 0.3 is 0 Å². The number of nitrogens with one attached hydrogen (secondary N) is 2. The molecule has 3 rings (SSSR count). The summed E-state index contributed by atoms with van der Waals surface area (Å²) in [4.78, 5) is 12.0. The average Bonchev–Trinajstić information content (AvgIpc) is 3.23. The van der Waals surface area contributed by atoms with Gasteiger partial charge in [-0.1, -0.05) is 43.7 Å². The van der Waals surface area contributed by atoms with Gasteiger partial charge in [0.25, 0.3) is 0 Å². The van der Waals surface area contributed by atoms with E-state index >= 15 is 0 Å². The molecule has 0 bridgehead atoms. The van der Waals surface area contributed by atoms with Gasteiger partial charge in [-0.15, -0.1) is 35.3 Å². The van der Waals surface area contributed by atoms with Crippen molar-refractivity contribution in [1.29, 1.82) is 0 Å². The molecule has 1 fully saturated rings. The summed E-state index contributed by atoms with van der Waals surface area (Å²) in [6, 6.07) is 9.15. The zero-order valence-electron chi connectivity index (χ0n) is 19.1. The summed E-state index contributed by atoms with van der Waals surface area (Å²) in [5.74, 6) is 1.29. The van der Waals surface area contributed by atoms with Gasteiger partial charge in [0, 0.05) is 31.6 Å². The van der Waals surface area contributed by atoms with E-state index in [0.717, 1.165) is 56.1 Å². The van der Waals surface area contributed by atoms with Crippen molar-refractivity contribution in [3.63, 3.8) is 0 Å². The zero-order valence-corrected chi connectivity index (χ0v) is 22.2. The SMILES string of the molecule is CCNC(=NCc1nc(C(C)C)cs1)NCC(c1ccc(C)cc1)N1CCOCC1.I. The van der Waals surface area contributed by atoms with Gasteiger partial charge in [0.2, 0.25) is 0 Å². The maximum absolute atomic E-state index is 5.57. The van der Waals surface area contributed by atoms with E-state index in [0.29, 0.717) is 12.5 Å². The largest absolute Gasteiger partial charge is 0.379 e. The van der Waals surface area contributed by atoms with Crippen molar-refractivity contribution in [2.75, 3.05) is 39.4 Å². The van der Waals surface area contributed by atoms with E-state index < -0.39 is 0 Å². The van der Waals surface area contributed by atoms with E-state index in [2.05, 4.69) is 72.9 Å². The molecule has 1 aliphatic heterocycles.